The van der Waals surface area contributed by atoms with Crippen molar-refractivity contribution >= 4 is 24.1 Å². The minimum Gasteiger partial charge on any atom is -0.394 e. The van der Waals surface area contributed by atoms with Crippen molar-refractivity contribution in [3.63, 3.8) is 0 Å². The first-order valence-corrected chi connectivity index (χ1v) is 7.17. The van der Waals surface area contributed by atoms with Crippen LogP contribution in [0.25, 0.3) is 10.8 Å². The molecular weight excluding hydrogens is 271 g/mol. The average molecular weight is 284 g/mol. The van der Waals surface area contributed by atoms with Gasteiger partial charge in [-0.3, -0.25) is 0 Å². The van der Waals surface area contributed by atoms with E-state index in [0.717, 1.165) is 0 Å². The van der Waals surface area contributed by atoms with E-state index in [0.29, 0.717) is 10.8 Å². The van der Waals surface area contributed by atoms with Gasteiger partial charge in [0, 0.05) is 0 Å². The topological polar surface area (TPSA) is 135 Å². The number of ether oxygens (including phenoxy) is 1. The molecule has 8 nitrogen and oxygen atoms in total. The number of hydrogen-bond donors (Lipinski definition) is 4. The Balaban J connectivity index is 2.04. The Labute approximate surface area is 108 Å². The van der Waals surface area contributed by atoms with Crippen molar-refractivity contribution in [2.45, 2.75) is 24.2 Å². The quantitative estimate of drug-likeness (QED) is 0.563. The zero-order chi connectivity index (χ0) is 13.6. The molecule has 1 fully saturated rings. The number of anilines is 1. The van der Waals surface area contributed by atoms with Crippen molar-refractivity contribution in [1.29, 1.82) is 0 Å². The molecule has 5 unspecified atom stereocenters. The van der Waals surface area contributed by atoms with Crippen molar-refractivity contribution in [1.82, 2.24) is 15.0 Å². The van der Waals surface area contributed by atoms with Crippen molar-refractivity contribution in [2.24, 2.45) is 0 Å². The number of nitrogen functional groups attached to an aromatic ring is 1. The second kappa shape index (κ2) is 4.66. The summed E-state index contributed by atoms with van der Waals surface area (Å²) in [4.78, 5) is 12.1. The minimum absolute atomic E-state index is 0.276. The molecule has 1 saturated heterocycles. The molecule has 5 N–H and O–H groups in total. The van der Waals surface area contributed by atoms with Gasteiger partial charge < -0.3 is 25.8 Å². The van der Waals surface area contributed by atoms with Crippen LogP contribution in [0.15, 0.2) is 12.3 Å². The highest BCUT2D eigenvalue weighted by molar-refractivity contribution is 7.54. The number of nitrogens with zero attached hydrogens (tertiary/aromatic N) is 3. The lowest BCUT2D eigenvalue weighted by Crippen LogP contribution is -2.32. The second-order valence-electron chi connectivity index (χ2n) is 4.31. The van der Waals surface area contributed by atoms with Gasteiger partial charge in [0.15, 0.2) is 5.82 Å². The maximum absolute atomic E-state index is 10.0. The van der Waals surface area contributed by atoms with E-state index in [9.17, 15) is 10.2 Å². The molecule has 0 amide bonds. The zero-order valence-corrected chi connectivity index (χ0v) is 10.7. The van der Waals surface area contributed by atoms with Crippen LogP contribution in [-0.2, 0) is 4.74 Å². The van der Waals surface area contributed by atoms with E-state index in [1.54, 1.807) is 5.93 Å². The predicted octanol–water partition coefficient (Wildman–Crippen LogP) is -0.795. The first kappa shape index (κ1) is 12.7. The number of fused-ring (bicyclic) bond motifs is 1. The molecule has 0 saturated carbocycles. The summed E-state index contributed by atoms with van der Waals surface area (Å²) in [5, 5.41) is 29.5. The van der Waals surface area contributed by atoms with E-state index in [2.05, 4.69) is 15.0 Å². The van der Waals surface area contributed by atoms with Crippen LogP contribution >= 0.6 is 7.53 Å². The monoisotopic (exact) mass is 284 g/mol. The van der Waals surface area contributed by atoms with Crippen LogP contribution in [0, 0.1) is 0 Å². The van der Waals surface area contributed by atoms with Gasteiger partial charge in [-0.2, -0.15) is 0 Å². The van der Waals surface area contributed by atoms with Gasteiger partial charge in [-0.15, -0.1) is 0 Å². The summed E-state index contributed by atoms with van der Waals surface area (Å²) in [6, 6.07) is 0. The van der Waals surface area contributed by atoms with Crippen LogP contribution in [0.5, 0.6) is 0 Å². The van der Waals surface area contributed by atoms with Crippen LogP contribution in [0.3, 0.4) is 0 Å². The van der Waals surface area contributed by atoms with Gasteiger partial charge in [0.1, 0.15) is 41.2 Å². The van der Waals surface area contributed by atoms with Crippen molar-refractivity contribution in [3.8, 4) is 0 Å². The Hall–Kier alpha value is -1.31. The molecule has 1 aliphatic heterocycles. The predicted molar refractivity (Wildman–Crippen MR) is 67.5 cm³/mol. The van der Waals surface area contributed by atoms with Crippen LogP contribution < -0.4 is 5.73 Å². The molecule has 0 aliphatic carbocycles. The maximum atomic E-state index is 10.0. The third-order valence-corrected chi connectivity index (χ3v) is 5.33. The number of aromatic nitrogens is 3. The molecule has 1 aliphatic rings. The molecule has 2 aromatic heterocycles. The average Bonchev–Trinajstić information content (AvgIpc) is 2.94. The zero-order valence-electron chi connectivity index (χ0n) is 9.79. The fourth-order valence-corrected chi connectivity index (χ4v) is 4.28. The van der Waals surface area contributed by atoms with Gasteiger partial charge in [-0.25, -0.2) is 15.0 Å². The summed E-state index contributed by atoms with van der Waals surface area (Å²) in [7, 11) is -1.14. The Morgan fingerprint density at radius 3 is 2.74 bits per heavy atom. The van der Waals surface area contributed by atoms with Crippen LogP contribution in [0.2, 0.25) is 0 Å². The largest absolute Gasteiger partial charge is 0.394 e. The Bertz CT molecular complexity index is 606. The second-order valence-corrected chi connectivity index (χ2v) is 6.29. The lowest BCUT2D eigenvalue weighted by molar-refractivity contribution is -0.0124. The third kappa shape index (κ3) is 1.89. The van der Waals surface area contributed by atoms with E-state index in [4.69, 9.17) is 15.6 Å². The number of aliphatic hydroxyl groups excluding tert-OH is 3. The first-order chi connectivity index (χ1) is 9.13. The van der Waals surface area contributed by atoms with E-state index < -0.39 is 31.7 Å². The highest BCUT2D eigenvalue weighted by atomic mass is 31.1. The Kier molecular flexibility index (Phi) is 3.12. The third-order valence-electron chi connectivity index (χ3n) is 3.18. The van der Waals surface area contributed by atoms with Crippen molar-refractivity contribution in [2.75, 3.05) is 12.3 Å². The molecular formula is C10H13N4O4P. The summed E-state index contributed by atoms with van der Waals surface area (Å²) < 4.78 is 5.50. The van der Waals surface area contributed by atoms with Crippen molar-refractivity contribution < 1.29 is 20.1 Å². The Morgan fingerprint density at radius 1 is 1.26 bits per heavy atom. The summed E-state index contributed by atoms with van der Waals surface area (Å²) in [5.41, 5.74) is 6.19. The van der Waals surface area contributed by atoms with Crippen LogP contribution in [0.4, 0.5) is 5.82 Å². The van der Waals surface area contributed by atoms with Crippen LogP contribution in [-0.4, -0.2) is 55.2 Å². The van der Waals surface area contributed by atoms with Gasteiger partial charge in [0.25, 0.3) is 0 Å². The molecule has 0 spiro atoms. The fourth-order valence-electron chi connectivity index (χ4n) is 2.17. The SMILES string of the molecule is Nc1ncnc2c1ncp2C1OC(CO)C(O)C1O. The molecule has 2 aromatic rings. The molecule has 3 rings (SSSR count). The number of rotatable bonds is 2. The lowest BCUT2D eigenvalue weighted by Gasteiger charge is -2.13. The van der Waals surface area contributed by atoms with Gasteiger partial charge >= 0.3 is 0 Å². The number of nitrogens with two attached hydrogens (primary N) is 1. The highest BCUT2D eigenvalue weighted by Gasteiger charge is 2.44. The smallest absolute Gasteiger partial charge is 0.153 e. The van der Waals surface area contributed by atoms with E-state index in [-0.39, 0.29) is 12.4 Å². The number of hydrogen-bond acceptors (Lipinski definition) is 8. The molecule has 0 bridgehead atoms. The van der Waals surface area contributed by atoms with Crippen LogP contribution in [0.1, 0.15) is 5.85 Å². The van der Waals surface area contributed by atoms with Gasteiger partial charge in [-0.05, 0) is 7.53 Å². The minimum atomic E-state index is -1.14. The van der Waals surface area contributed by atoms with E-state index in [1.807, 2.05) is 0 Å². The molecule has 3 heterocycles. The maximum Gasteiger partial charge on any atom is 0.153 e. The number of aliphatic hydroxyl groups is 3. The van der Waals surface area contributed by atoms with Gasteiger partial charge in [0.05, 0.1) is 12.5 Å². The standard InChI is InChI=1S/C10H13N4O4P/c11-8-5-9(13-2-12-8)19(3-14-5)10-7(17)6(16)4(1-15)18-10/h2-4,6-7,10,15-17H,1H2,(H2,11,12,13). The first-order valence-electron chi connectivity index (χ1n) is 5.69. The Morgan fingerprint density at radius 2 is 2.05 bits per heavy atom. The fraction of sp³-hybridized carbons (Fsp3) is 0.500. The molecule has 19 heavy (non-hydrogen) atoms. The van der Waals surface area contributed by atoms with Crippen molar-refractivity contribution in [3.05, 3.63) is 12.3 Å². The van der Waals surface area contributed by atoms with Gasteiger partial charge in [0.2, 0.25) is 0 Å². The summed E-state index contributed by atoms with van der Waals surface area (Å²) in [5.74, 6) is 1.25. The molecule has 0 aromatic carbocycles. The summed E-state index contributed by atoms with van der Waals surface area (Å²) in [6.45, 7) is -0.353. The summed E-state index contributed by atoms with van der Waals surface area (Å²) in [6.07, 6.45) is -1.66. The van der Waals surface area contributed by atoms with E-state index >= 15 is 0 Å². The molecule has 0 radical (unpaired) electrons. The van der Waals surface area contributed by atoms with Gasteiger partial charge in [-0.1, -0.05) is 0 Å². The highest BCUT2D eigenvalue weighted by Crippen LogP contribution is 2.52. The molecule has 9 heteroatoms. The lowest BCUT2D eigenvalue weighted by atomic mass is 10.2. The normalized spacial score (nSPS) is 32.1. The molecule has 5 atom stereocenters. The summed E-state index contributed by atoms with van der Waals surface area (Å²) >= 11 is 0. The van der Waals surface area contributed by atoms with E-state index in [1.165, 1.54) is 6.33 Å². The molecule has 102 valence electrons.